The highest BCUT2D eigenvalue weighted by Gasteiger charge is 2.14. The third-order valence-corrected chi connectivity index (χ3v) is 3.35. The molecule has 0 bridgehead atoms. The molecule has 3 nitrogen and oxygen atoms in total. The number of hydrogen-bond donors (Lipinski definition) is 0. The molecule has 0 fully saturated rings. The highest BCUT2D eigenvalue weighted by Crippen LogP contribution is 2.40. The van der Waals surface area contributed by atoms with E-state index in [-0.39, 0.29) is 11.7 Å². The maximum atomic E-state index is 11.9. The molecule has 105 valence electrons. The van der Waals surface area contributed by atoms with Gasteiger partial charge in [-0.1, -0.05) is 32.0 Å². The fraction of sp³-hybridized carbons (Fsp3) is 0.294. The summed E-state index contributed by atoms with van der Waals surface area (Å²) in [4.78, 5) is 0. The lowest BCUT2D eigenvalue weighted by Gasteiger charge is -2.14. The lowest BCUT2D eigenvalue weighted by atomic mass is 9.96. The van der Waals surface area contributed by atoms with Gasteiger partial charge >= 0.3 is 0 Å². The minimum absolute atomic E-state index is 0.0746. The molecular weight excluding hydrogens is 252 g/mol. The molecule has 0 N–H and O–H groups in total. The molecule has 2 aromatic rings. The van der Waals surface area contributed by atoms with Crippen LogP contribution in [0.25, 0.3) is 11.1 Å². The molecule has 20 heavy (non-hydrogen) atoms. The quantitative estimate of drug-likeness (QED) is 0.812. The maximum Gasteiger partial charge on any atom is 0.182 e. The lowest BCUT2D eigenvalue weighted by molar-refractivity contribution is 0.348. The molecule has 0 atom stereocenters. The first kappa shape index (κ1) is 14.3. The zero-order valence-electron chi connectivity index (χ0n) is 12.3. The summed E-state index contributed by atoms with van der Waals surface area (Å²) in [5.41, 5.74) is 2.70. The molecule has 0 aliphatic carbocycles. The van der Waals surface area contributed by atoms with Gasteiger partial charge in [0.1, 0.15) is 0 Å². The summed E-state index contributed by atoms with van der Waals surface area (Å²) in [7, 11) is 3.23. The molecule has 0 aliphatic heterocycles. The van der Waals surface area contributed by atoms with Crippen molar-refractivity contribution in [1.82, 2.24) is 0 Å². The Kier molecular flexibility index (Phi) is 4.18. The number of hydrogen-bond acceptors (Lipinski definition) is 2. The molecule has 0 unspecified atom stereocenters. The van der Waals surface area contributed by atoms with Crippen LogP contribution in [-0.4, -0.2) is 14.2 Å². The summed E-state index contributed by atoms with van der Waals surface area (Å²) in [5, 5.41) is 11.9. The SMILES string of the molecule is COc1cccc(-c2ccc([O])c(C(C)C)c2)c1OC. The molecule has 0 saturated carbocycles. The molecule has 0 aliphatic rings. The average molecular weight is 271 g/mol. The number of para-hydroxylation sites is 1. The molecule has 0 saturated heterocycles. The van der Waals surface area contributed by atoms with Gasteiger partial charge in [-0.15, -0.1) is 0 Å². The minimum Gasteiger partial charge on any atom is -0.493 e. The van der Waals surface area contributed by atoms with Crippen LogP contribution in [-0.2, 0) is 5.11 Å². The maximum absolute atomic E-state index is 11.9. The highest BCUT2D eigenvalue weighted by atomic mass is 16.5. The molecule has 0 aromatic heterocycles. The van der Waals surface area contributed by atoms with E-state index in [1.165, 1.54) is 0 Å². The first-order valence-corrected chi connectivity index (χ1v) is 6.60. The van der Waals surface area contributed by atoms with Gasteiger partial charge in [-0.2, -0.15) is 0 Å². The zero-order chi connectivity index (χ0) is 14.7. The van der Waals surface area contributed by atoms with E-state index in [2.05, 4.69) is 0 Å². The van der Waals surface area contributed by atoms with Crippen molar-refractivity contribution < 1.29 is 14.6 Å². The van der Waals surface area contributed by atoms with Crippen LogP contribution >= 0.6 is 0 Å². The molecular formula is C17H19O3. The molecule has 0 amide bonds. The van der Waals surface area contributed by atoms with Crippen LogP contribution in [0.15, 0.2) is 36.4 Å². The Morgan fingerprint density at radius 3 is 2.35 bits per heavy atom. The topological polar surface area (TPSA) is 38.4 Å². The van der Waals surface area contributed by atoms with Gasteiger partial charge in [0.05, 0.1) is 14.2 Å². The van der Waals surface area contributed by atoms with Gasteiger partial charge in [0.25, 0.3) is 0 Å². The zero-order valence-corrected chi connectivity index (χ0v) is 12.3. The largest absolute Gasteiger partial charge is 0.493 e. The highest BCUT2D eigenvalue weighted by molar-refractivity contribution is 5.75. The van der Waals surface area contributed by atoms with Crippen LogP contribution in [0.5, 0.6) is 17.2 Å². The van der Waals surface area contributed by atoms with E-state index in [0.717, 1.165) is 16.7 Å². The Labute approximate surface area is 119 Å². The van der Waals surface area contributed by atoms with Crippen LogP contribution in [0.2, 0.25) is 0 Å². The van der Waals surface area contributed by atoms with Crippen LogP contribution < -0.4 is 9.47 Å². The smallest absolute Gasteiger partial charge is 0.182 e. The van der Waals surface area contributed by atoms with Gasteiger partial charge in [0.15, 0.2) is 17.2 Å². The standard InChI is InChI=1S/C17H19O3/c1-11(2)14-10-12(8-9-15(14)18)13-6-5-7-16(19-3)17(13)20-4/h5-11H,1-4H3. The van der Waals surface area contributed by atoms with Gasteiger partial charge in [-0.05, 0) is 29.7 Å². The Balaban J connectivity index is 2.60. The van der Waals surface area contributed by atoms with E-state index in [4.69, 9.17) is 9.47 Å². The summed E-state index contributed by atoms with van der Waals surface area (Å²) in [6.07, 6.45) is 0. The van der Waals surface area contributed by atoms with Crippen molar-refractivity contribution in [2.75, 3.05) is 14.2 Å². The summed E-state index contributed by atoms with van der Waals surface area (Å²) < 4.78 is 10.8. The van der Waals surface area contributed by atoms with E-state index in [9.17, 15) is 5.11 Å². The van der Waals surface area contributed by atoms with Gasteiger partial charge in [0, 0.05) is 11.1 Å². The average Bonchev–Trinajstić information content (AvgIpc) is 2.46. The molecule has 3 heteroatoms. The number of methoxy groups -OCH3 is 2. The predicted octanol–water partition coefficient (Wildman–Crippen LogP) is 4.64. The lowest BCUT2D eigenvalue weighted by Crippen LogP contribution is -1.94. The Morgan fingerprint density at radius 2 is 1.75 bits per heavy atom. The number of rotatable bonds is 4. The molecule has 2 aromatic carbocycles. The fourth-order valence-electron chi connectivity index (χ4n) is 2.28. The minimum atomic E-state index is 0.0746. The monoisotopic (exact) mass is 271 g/mol. The van der Waals surface area contributed by atoms with Crippen molar-refractivity contribution in [3.63, 3.8) is 0 Å². The second-order valence-electron chi connectivity index (χ2n) is 4.95. The number of ether oxygens (including phenoxy) is 2. The third kappa shape index (κ3) is 2.57. The van der Waals surface area contributed by atoms with Crippen molar-refractivity contribution in [1.29, 1.82) is 0 Å². The van der Waals surface area contributed by atoms with Crippen molar-refractivity contribution in [2.45, 2.75) is 19.8 Å². The summed E-state index contributed by atoms with van der Waals surface area (Å²) in [5.74, 6) is 1.63. The summed E-state index contributed by atoms with van der Waals surface area (Å²) in [6, 6.07) is 11.1. The second-order valence-corrected chi connectivity index (χ2v) is 4.95. The Hall–Kier alpha value is -2.16. The summed E-state index contributed by atoms with van der Waals surface area (Å²) in [6.45, 7) is 4.03. The van der Waals surface area contributed by atoms with Crippen molar-refractivity contribution in [3.8, 4) is 28.4 Å². The predicted molar refractivity (Wildman–Crippen MR) is 79.2 cm³/mol. The Bertz CT molecular complexity index is 603. The van der Waals surface area contributed by atoms with Gasteiger partial charge in [-0.3, -0.25) is 5.11 Å². The normalized spacial score (nSPS) is 10.7. The van der Waals surface area contributed by atoms with E-state index < -0.39 is 0 Å². The molecule has 0 heterocycles. The first-order chi connectivity index (χ1) is 9.58. The molecule has 2 rings (SSSR count). The van der Waals surface area contributed by atoms with E-state index >= 15 is 0 Å². The van der Waals surface area contributed by atoms with Crippen LogP contribution in [0, 0.1) is 0 Å². The molecule has 0 spiro atoms. The third-order valence-electron chi connectivity index (χ3n) is 3.35. The fourth-order valence-corrected chi connectivity index (χ4v) is 2.28. The second kappa shape index (κ2) is 5.87. The van der Waals surface area contributed by atoms with Crippen molar-refractivity contribution >= 4 is 0 Å². The van der Waals surface area contributed by atoms with Crippen LogP contribution in [0.3, 0.4) is 0 Å². The number of benzene rings is 2. The Morgan fingerprint density at radius 1 is 1.00 bits per heavy atom. The van der Waals surface area contributed by atoms with Crippen LogP contribution in [0.1, 0.15) is 25.3 Å². The first-order valence-electron chi connectivity index (χ1n) is 6.60. The van der Waals surface area contributed by atoms with E-state index in [1.54, 1.807) is 20.3 Å². The van der Waals surface area contributed by atoms with Gasteiger partial charge in [0.2, 0.25) is 0 Å². The molecule has 1 radical (unpaired) electrons. The van der Waals surface area contributed by atoms with Crippen molar-refractivity contribution in [3.05, 3.63) is 42.0 Å². The summed E-state index contributed by atoms with van der Waals surface area (Å²) >= 11 is 0. The van der Waals surface area contributed by atoms with Gasteiger partial charge in [-0.25, -0.2) is 0 Å². The van der Waals surface area contributed by atoms with Crippen molar-refractivity contribution in [2.24, 2.45) is 0 Å². The van der Waals surface area contributed by atoms with Crippen LogP contribution in [0.4, 0.5) is 0 Å². The van der Waals surface area contributed by atoms with Gasteiger partial charge < -0.3 is 9.47 Å². The van der Waals surface area contributed by atoms with E-state index in [1.807, 2.05) is 44.2 Å². The van der Waals surface area contributed by atoms with E-state index in [0.29, 0.717) is 11.5 Å².